The van der Waals surface area contributed by atoms with Gasteiger partial charge in [-0.15, -0.1) is 0 Å². The van der Waals surface area contributed by atoms with E-state index in [1.54, 1.807) is 0 Å². The van der Waals surface area contributed by atoms with Crippen LogP contribution in [0.2, 0.25) is 0 Å². The zero-order valence-corrected chi connectivity index (χ0v) is 14.7. The molecule has 3 heteroatoms. The number of anilines is 1. The van der Waals surface area contributed by atoms with E-state index in [0.717, 1.165) is 18.4 Å². The van der Waals surface area contributed by atoms with Gasteiger partial charge in [0.25, 0.3) is 0 Å². The molecule has 0 aliphatic carbocycles. The molecule has 1 aromatic rings. The molecule has 0 bridgehead atoms. The van der Waals surface area contributed by atoms with Gasteiger partial charge in [0.2, 0.25) is 0 Å². The molecule has 0 radical (unpaired) electrons. The summed E-state index contributed by atoms with van der Waals surface area (Å²) in [6.07, 6.45) is 1.35. The van der Waals surface area contributed by atoms with Crippen LogP contribution in [0, 0.1) is 11.8 Å². The van der Waals surface area contributed by atoms with Crippen molar-refractivity contribution in [1.29, 1.82) is 0 Å². The Morgan fingerprint density at radius 1 is 1.30 bits per heavy atom. The molecular formula is C17H27BrN2. The molecular weight excluding hydrogens is 312 g/mol. The fourth-order valence-corrected chi connectivity index (χ4v) is 3.78. The molecule has 2 nitrogen and oxygen atoms in total. The van der Waals surface area contributed by atoms with Crippen molar-refractivity contribution >= 4 is 21.6 Å². The van der Waals surface area contributed by atoms with Crippen LogP contribution in [0.1, 0.15) is 45.7 Å². The van der Waals surface area contributed by atoms with Crippen molar-refractivity contribution in [3.63, 3.8) is 0 Å². The lowest BCUT2D eigenvalue weighted by atomic mass is 9.90. The maximum atomic E-state index is 3.63. The van der Waals surface area contributed by atoms with Gasteiger partial charge in [0.05, 0.1) is 0 Å². The lowest BCUT2D eigenvalue weighted by Crippen LogP contribution is -2.39. The highest BCUT2D eigenvalue weighted by molar-refractivity contribution is 9.10. The fourth-order valence-electron chi connectivity index (χ4n) is 3.43. The molecule has 0 amide bonds. The SMILES string of the molecule is CCNC(C)c1ccc(Br)cc1N1CC(C)CC(C)C1. The quantitative estimate of drug-likeness (QED) is 0.862. The average molecular weight is 339 g/mol. The van der Waals surface area contributed by atoms with Crippen LogP contribution in [0.15, 0.2) is 22.7 Å². The maximum Gasteiger partial charge on any atom is 0.0426 e. The van der Waals surface area contributed by atoms with Crippen LogP contribution >= 0.6 is 15.9 Å². The van der Waals surface area contributed by atoms with Crippen LogP contribution < -0.4 is 10.2 Å². The molecule has 3 atom stereocenters. The Labute approximate surface area is 132 Å². The summed E-state index contributed by atoms with van der Waals surface area (Å²) < 4.78 is 1.17. The Morgan fingerprint density at radius 2 is 1.95 bits per heavy atom. The van der Waals surface area contributed by atoms with Gasteiger partial charge in [-0.05, 0) is 49.4 Å². The summed E-state index contributed by atoms with van der Waals surface area (Å²) in [5, 5.41) is 3.54. The number of piperidine rings is 1. The smallest absolute Gasteiger partial charge is 0.0426 e. The highest BCUT2D eigenvalue weighted by Gasteiger charge is 2.24. The summed E-state index contributed by atoms with van der Waals surface area (Å²) in [5.41, 5.74) is 2.81. The Morgan fingerprint density at radius 3 is 2.55 bits per heavy atom. The Bertz CT molecular complexity index is 437. The first-order valence-electron chi connectivity index (χ1n) is 7.79. The molecule has 0 saturated carbocycles. The Kier molecular flexibility index (Phi) is 5.50. The summed E-state index contributed by atoms with van der Waals surface area (Å²) in [6.45, 7) is 12.5. The number of hydrogen-bond donors (Lipinski definition) is 1. The highest BCUT2D eigenvalue weighted by atomic mass is 79.9. The molecule has 0 aromatic heterocycles. The van der Waals surface area contributed by atoms with E-state index in [2.05, 4.69) is 72.0 Å². The summed E-state index contributed by atoms with van der Waals surface area (Å²) >= 11 is 3.63. The van der Waals surface area contributed by atoms with Crippen LogP contribution in [0.25, 0.3) is 0 Å². The first kappa shape index (κ1) is 15.8. The topological polar surface area (TPSA) is 15.3 Å². The largest absolute Gasteiger partial charge is 0.371 e. The molecule has 1 heterocycles. The first-order valence-corrected chi connectivity index (χ1v) is 8.58. The van der Waals surface area contributed by atoms with Crippen LogP contribution in [-0.2, 0) is 0 Å². The summed E-state index contributed by atoms with van der Waals surface area (Å²) in [4.78, 5) is 2.58. The molecule has 112 valence electrons. The van der Waals surface area contributed by atoms with Gasteiger partial charge in [0, 0.05) is 29.3 Å². The first-order chi connectivity index (χ1) is 9.51. The van der Waals surface area contributed by atoms with Crippen molar-refractivity contribution in [2.45, 2.75) is 40.2 Å². The summed E-state index contributed by atoms with van der Waals surface area (Å²) in [7, 11) is 0. The van der Waals surface area contributed by atoms with Crippen LogP contribution in [0.5, 0.6) is 0 Å². The standard InChI is InChI=1S/C17H27BrN2/c1-5-19-14(4)16-7-6-15(18)9-17(16)20-10-12(2)8-13(3)11-20/h6-7,9,12-14,19H,5,8,10-11H2,1-4H3. The monoisotopic (exact) mass is 338 g/mol. The number of hydrogen-bond acceptors (Lipinski definition) is 2. The van der Waals surface area contributed by atoms with Gasteiger partial charge >= 0.3 is 0 Å². The third-order valence-corrected chi connectivity index (χ3v) is 4.67. The molecule has 1 saturated heterocycles. The second-order valence-corrected chi connectivity index (χ2v) is 7.25. The zero-order chi connectivity index (χ0) is 14.7. The van der Waals surface area contributed by atoms with Crippen LogP contribution in [0.4, 0.5) is 5.69 Å². The van der Waals surface area contributed by atoms with E-state index >= 15 is 0 Å². The number of rotatable bonds is 4. The van der Waals surface area contributed by atoms with Gasteiger partial charge in [-0.25, -0.2) is 0 Å². The van der Waals surface area contributed by atoms with Crippen molar-refractivity contribution in [3.8, 4) is 0 Å². The second kappa shape index (κ2) is 6.95. The number of benzene rings is 1. The van der Waals surface area contributed by atoms with Crippen LogP contribution in [0.3, 0.4) is 0 Å². The minimum atomic E-state index is 0.399. The third kappa shape index (κ3) is 3.76. The van der Waals surface area contributed by atoms with Crippen molar-refractivity contribution < 1.29 is 0 Å². The van der Waals surface area contributed by atoms with Crippen LogP contribution in [-0.4, -0.2) is 19.6 Å². The van der Waals surface area contributed by atoms with E-state index in [4.69, 9.17) is 0 Å². The molecule has 1 aliphatic heterocycles. The molecule has 1 fully saturated rings. The lowest BCUT2D eigenvalue weighted by Gasteiger charge is -2.38. The Hall–Kier alpha value is -0.540. The molecule has 2 rings (SSSR count). The normalized spacial score (nSPS) is 24.8. The minimum Gasteiger partial charge on any atom is -0.371 e. The van der Waals surface area contributed by atoms with Crippen molar-refractivity contribution in [2.75, 3.05) is 24.5 Å². The van der Waals surface area contributed by atoms with E-state index in [9.17, 15) is 0 Å². The molecule has 1 aliphatic rings. The fraction of sp³-hybridized carbons (Fsp3) is 0.647. The molecule has 3 unspecified atom stereocenters. The van der Waals surface area contributed by atoms with E-state index in [1.807, 2.05) is 0 Å². The number of nitrogens with zero attached hydrogens (tertiary/aromatic N) is 1. The predicted octanol–water partition coefficient (Wildman–Crippen LogP) is 4.60. The zero-order valence-electron chi connectivity index (χ0n) is 13.1. The molecule has 0 spiro atoms. The molecule has 1 N–H and O–H groups in total. The van der Waals surface area contributed by atoms with E-state index in [0.29, 0.717) is 6.04 Å². The second-order valence-electron chi connectivity index (χ2n) is 6.33. The van der Waals surface area contributed by atoms with Gasteiger partial charge in [0.15, 0.2) is 0 Å². The number of nitrogens with one attached hydrogen (secondary N) is 1. The van der Waals surface area contributed by atoms with E-state index in [-0.39, 0.29) is 0 Å². The predicted molar refractivity (Wildman–Crippen MR) is 91.4 cm³/mol. The minimum absolute atomic E-state index is 0.399. The number of halogens is 1. The van der Waals surface area contributed by atoms with E-state index in [1.165, 1.54) is 35.2 Å². The van der Waals surface area contributed by atoms with Crippen molar-refractivity contribution in [1.82, 2.24) is 5.32 Å². The van der Waals surface area contributed by atoms with Gasteiger partial charge in [-0.3, -0.25) is 0 Å². The Balaban J connectivity index is 2.31. The maximum absolute atomic E-state index is 3.63. The molecule has 20 heavy (non-hydrogen) atoms. The van der Waals surface area contributed by atoms with Gasteiger partial charge in [0.1, 0.15) is 0 Å². The third-order valence-electron chi connectivity index (χ3n) is 4.18. The van der Waals surface area contributed by atoms with Crippen molar-refractivity contribution in [2.24, 2.45) is 11.8 Å². The van der Waals surface area contributed by atoms with Crippen molar-refractivity contribution in [3.05, 3.63) is 28.2 Å². The highest BCUT2D eigenvalue weighted by Crippen LogP contribution is 2.33. The molecule has 1 aromatic carbocycles. The van der Waals surface area contributed by atoms with E-state index < -0.39 is 0 Å². The lowest BCUT2D eigenvalue weighted by molar-refractivity contribution is 0.356. The summed E-state index contributed by atoms with van der Waals surface area (Å²) in [6, 6.07) is 7.10. The summed E-state index contributed by atoms with van der Waals surface area (Å²) in [5.74, 6) is 1.56. The average Bonchev–Trinajstić information content (AvgIpc) is 2.37. The van der Waals surface area contributed by atoms with Gasteiger partial charge in [-0.2, -0.15) is 0 Å². The van der Waals surface area contributed by atoms with Gasteiger partial charge in [-0.1, -0.05) is 42.8 Å². The van der Waals surface area contributed by atoms with Gasteiger partial charge < -0.3 is 10.2 Å².